The molecule has 2 atom stereocenters. The van der Waals surface area contributed by atoms with E-state index in [1.165, 1.54) is 28.2 Å². The highest BCUT2D eigenvalue weighted by atomic mass is 32.2. The Hall–Kier alpha value is -1.46. The van der Waals surface area contributed by atoms with Crippen LogP contribution in [-0.2, 0) is 12.8 Å². The number of rotatable bonds is 4. The second-order valence-corrected chi connectivity index (χ2v) is 10.3. The van der Waals surface area contributed by atoms with E-state index in [9.17, 15) is 4.79 Å². The lowest BCUT2D eigenvalue weighted by molar-refractivity contribution is 0.0934. The molecule has 1 aromatic carbocycles. The Morgan fingerprint density at radius 2 is 1.96 bits per heavy atom. The number of benzene rings is 1. The largest absolute Gasteiger partial charge is 0.353 e. The van der Waals surface area contributed by atoms with Crippen LogP contribution in [-0.4, -0.2) is 12.2 Å². The van der Waals surface area contributed by atoms with Crippen molar-refractivity contribution < 1.29 is 4.79 Å². The number of thioether (sulfide) groups is 1. The van der Waals surface area contributed by atoms with E-state index in [1.54, 1.807) is 23.1 Å². The summed E-state index contributed by atoms with van der Waals surface area (Å²) in [6.45, 7) is 7.06. The van der Waals surface area contributed by atoms with Crippen molar-refractivity contribution in [1.29, 1.82) is 0 Å². The fourth-order valence-electron chi connectivity index (χ4n) is 4.22. The number of carbonyl (C=O) groups excluding carboxylic acids is 1. The summed E-state index contributed by atoms with van der Waals surface area (Å²) in [6.07, 6.45) is 6.44. The Morgan fingerprint density at radius 3 is 2.63 bits per heavy atom. The smallest absolute Gasteiger partial charge is 0.256 e. The zero-order valence-electron chi connectivity index (χ0n) is 16.5. The number of amides is 1. The fraction of sp³-hybridized carbons (Fsp3) is 0.500. The monoisotopic (exact) mass is 400 g/mol. The second-order valence-electron chi connectivity index (χ2n) is 8.31. The minimum Gasteiger partial charge on any atom is -0.353 e. The Labute approximate surface area is 170 Å². The quantitative estimate of drug-likeness (QED) is 0.631. The average Bonchev–Trinajstić information content (AvgIpc) is 3.06. The summed E-state index contributed by atoms with van der Waals surface area (Å²) in [7, 11) is 0. The van der Waals surface area contributed by atoms with Crippen molar-refractivity contribution in [1.82, 2.24) is 5.32 Å². The zero-order valence-corrected chi connectivity index (χ0v) is 18.2. The normalized spacial score (nSPS) is 21.9. The molecule has 0 fully saturated rings. The minimum absolute atomic E-state index is 0.0772. The van der Waals surface area contributed by atoms with Gasteiger partial charge >= 0.3 is 0 Å². The third kappa shape index (κ3) is 3.40. The maximum absolute atomic E-state index is 12.9. The molecule has 144 valence electrons. The van der Waals surface area contributed by atoms with E-state index in [1.807, 2.05) is 0 Å². The van der Waals surface area contributed by atoms with Crippen LogP contribution in [0.3, 0.4) is 0 Å². The van der Waals surface area contributed by atoms with Crippen LogP contribution in [0.2, 0.25) is 0 Å². The Kier molecular flexibility index (Phi) is 5.02. The van der Waals surface area contributed by atoms with Crippen LogP contribution < -0.4 is 10.6 Å². The molecule has 4 rings (SSSR count). The molecule has 1 amide bonds. The highest BCUT2D eigenvalue weighted by Crippen LogP contribution is 2.46. The second kappa shape index (κ2) is 7.17. The molecule has 0 unspecified atom stereocenters. The van der Waals surface area contributed by atoms with E-state index in [4.69, 9.17) is 0 Å². The maximum atomic E-state index is 12.9. The number of fused-ring (bicyclic) bond motifs is 3. The lowest BCUT2D eigenvalue weighted by atomic mass is 9.69. The number of nitrogens with one attached hydrogen (secondary N) is 2. The molecule has 0 saturated carbocycles. The van der Waals surface area contributed by atoms with Gasteiger partial charge < -0.3 is 10.6 Å². The highest BCUT2D eigenvalue weighted by molar-refractivity contribution is 7.98. The van der Waals surface area contributed by atoms with Gasteiger partial charge in [0.1, 0.15) is 11.2 Å². The molecule has 2 heterocycles. The van der Waals surface area contributed by atoms with Crippen molar-refractivity contribution in [3.05, 3.63) is 45.8 Å². The lowest BCUT2D eigenvalue weighted by Gasteiger charge is -2.36. The van der Waals surface area contributed by atoms with Gasteiger partial charge in [0.25, 0.3) is 5.91 Å². The molecule has 5 heteroatoms. The van der Waals surface area contributed by atoms with E-state index in [-0.39, 0.29) is 12.1 Å². The Bertz CT molecular complexity index is 854. The highest BCUT2D eigenvalue weighted by Gasteiger charge is 2.37. The molecule has 1 aliphatic heterocycles. The molecule has 2 N–H and O–H groups in total. The molecule has 1 aliphatic carbocycles. The summed E-state index contributed by atoms with van der Waals surface area (Å²) in [6, 6.07) is 8.42. The lowest BCUT2D eigenvalue weighted by Crippen LogP contribution is -2.38. The molecule has 0 saturated heterocycles. The van der Waals surface area contributed by atoms with Gasteiger partial charge in [-0.1, -0.05) is 39.3 Å². The van der Waals surface area contributed by atoms with Crippen molar-refractivity contribution in [2.24, 2.45) is 11.3 Å². The van der Waals surface area contributed by atoms with Gasteiger partial charge in [-0.3, -0.25) is 4.79 Å². The molecule has 3 nitrogen and oxygen atoms in total. The molecule has 1 aromatic heterocycles. The van der Waals surface area contributed by atoms with Crippen molar-refractivity contribution in [3.8, 4) is 0 Å². The molecule has 27 heavy (non-hydrogen) atoms. The van der Waals surface area contributed by atoms with Gasteiger partial charge in [-0.2, -0.15) is 0 Å². The van der Waals surface area contributed by atoms with Crippen molar-refractivity contribution in [2.45, 2.75) is 57.5 Å². The molecule has 2 aromatic rings. The SMILES string of the molecule is CCC(C)(C)[C@@H]1CCc2c(sc3c2C(=O)N[C@@H](c2ccc(SC)cc2)N3)C1. The zero-order chi connectivity index (χ0) is 19.2. The van der Waals surface area contributed by atoms with Gasteiger partial charge in [0.05, 0.1) is 5.56 Å². The van der Waals surface area contributed by atoms with Gasteiger partial charge in [0, 0.05) is 9.77 Å². The molecular formula is C22H28N2OS2. The number of carbonyl (C=O) groups is 1. The average molecular weight is 401 g/mol. The number of anilines is 1. The van der Waals surface area contributed by atoms with Gasteiger partial charge in [-0.15, -0.1) is 23.1 Å². The predicted molar refractivity (Wildman–Crippen MR) is 116 cm³/mol. The first kappa shape index (κ1) is 18.9. The summed E-state index contributed by atoms with van der Waals surface area (Å²) >= 11 is 3.53. The van der Waals surface area contributed by atoms with Crippen molar-refractivity contribution >= 4 is 34.0 Å². The van der Waals surface area contributed by atoms with Gasteiger partial charge in [-0.05, 0) is 60.1 Å². The van der Waals surface area contributed by atoms with Crippen LogP contribution in [0.5, 0.6) is 0 Å². The first-order chi connectivity index (χ1) is 12.9. The molecular weight excluding hydrogens is 372 g/mol. The standard InChI is InChI=1S/C22H28N2OS2/c1-5-22(2,3)14-8-11-16-17(12-14)27-21-18(16)20(25)23-19(24-21)13-6-9-15(26-4)10-7-13/h6-7,9-10,14,19,24H,5,8,11-12H2,1-4H3,(H,23,25)/t14-,19-/m1/s1. The van der Waals surface area contributed by atoms with Crippen LogP contribution >= 0.6 is 23.1 Å². The third-order valence-corrected chi connectivity index (χ3v) is 8.44. The number of hydrogen-bond donors (Lipinski definition) is 2. The van der Waals surface area contributed by atoms with Gasteiger partial charge in [0.2, 0.25) is 0 Å². The van der Waals surface area contributed by atoms with E-state index in [2.05, 4.69) is 61.9 Å². The van der Waals surface area contributed by atoms with Gasteiger partial charge in [0.15, 0.2) is 0 Å². The Morgan fingerprint density at radius 1 is 1.22 bits per heavy atom. The summed E-state index contributed by atoms with van der Waals surface area (Å²) in [4.78, 5) is 15.6. The number of thiophene rings is 1. The van der Waals surface area contributed by atoms with Crippen LogP contribution in [0, 0.1) is 11.3 Å². The van der Waals surface area contributed by atoms with E-state index in [0.717, 1.165) is 29.0 Å². The minimum atomic E-state index is -0.149. The van der Waals surface area contributed by atoms with Gasteiger partial charge in [-0.25, -0.2) is 0 Å². The number of hydrogen-bond acceptors (Lipinski definition) is 4. The molecule has 2 aliphatic rings. The topological polar surface area (TPSA) is 41.1 Å². The molecule has 0 spiro atoms. The van der Waals surface area contributed by atoms with Crippen LogP contribution in [0.1, 0.15) is 66.1 Å². The van der Waals surface area contributed by atoms with Crippen molar-refractivity contribution in [3.63, 3.8) is 0 Å². The van der Waals surface area contributed by atoms with Crippen LogP contribution in [0.25, 0.3) is 0 Å². The summed E-state index contributed by atoms with van der Waals surface area (Å²) in [5.74, 6) is 0.779. The summed E-state index contributed by atoms with van der Waals surface area (Å²) in [5, 5.41) is 7.80. The summed E-state index contributed by atoms with van der Waals surface area (Å²) in [5.41, 5.74) is 3.65. The first-order valence-corrected chi connectivity index (χ1v) is 11.8. The van der Waals surface area contributed by atoms with Crippen LogP contribution in [0.4, 0.5) is 5.00 Å². The first-order valence-electron chi connectivity index (χ1n) is 9.79. The maximum Gasteiger partial charge on any atom is 0.256 e. The van der Waals surface area contributed by atoms with Crippen molar-refractivity contribution in [2.75, 3.05) is 11.6 Å². The summed E-state index contributed by atoms with van der Waals surface area (Å²) < 4.78 is 0. The molecule has 0 bridgehead atoms. The van der Waals surface area contributed by atoms with E-state index in [0.29, 0.717) is 11.3 Å². The van der Waals surface area contributed by atoms with Crippen LogP contribution in [0.15, 0.2) is 29.2 Å². The molecule has 0 radical (unpaired) electrons. The fourth-order valence-corrected chi connectivity index (χ4v) is 5.98. The predicted octanol–water partition coefficient (Wildman–Crippen LogP) is 5.87. The Balaban J connectivity index is 1.60. The van der Waals surface area contributed by atoms with E-state index >= 15 is 0 Å². The van der Waals surface area contributed by atoms with E-state index < -0.39 is 0 Å². The third-order valence-electron chi connectivity index (χ3n) is 6.51.